The number of hydrogen-bond donors (Lipinski definition) is 2. The molecule has 1 aromatic carbocycles. The number of fused-ring (bicyclic) bond motifs is 1. The minimum atomic E-state index is -0.244. The van der Waals surface area contributed by atoms with E-state index in [9.17, 15) is 4.79 Å². The Hall–Kier alpha value is -3.72. The van der Waals surface area contributed by atoms with Crippen molar-refractivity contribution in [1.29, 1.82) is 0 Å². The third-order valence-corrected chi connectivity index (χ3v) is 5.59. The van der Waals surface area contributed by atoms with Crippen LogP contribution in [-0.4, -0.2) is 68.8 Å². The van der Waals surface area contributed by atoms with E-state index < -0.39 is 0 Å². The van der Waals surface area contributed by atoms with Crippen LogP contribution in [-0.2, 0) is 7.05 Å². The zero-order valence-electron chi connectivity index (χ0n) is 17.5. The average Bonchev–Trinajstić information content (AvgIpc) is 3.37. The SMILES string of the molecule is CN1CCN(c2ccc(C(=O)Nc3cc(-c4nc5ccccc5[nH]4)n(C)n3)cn2)CC1. The molecular weight excluding hydrogens is 392 g/mol. The van der Waals surface area contributed by atoms with Gasteiger partial charge in [-0.15, -0.1) is 0 Å². The minimum Gasteiger partial charge on any atom is -0.354 e. The highest BCUT2D eigenvalue weighted by Crippen LogP contribution is 2.23. The van der Waals surface area contributed by atoms with E-state index in [1.807, 2.05) is 43.4 Å². The second-order valence-corrected chi connectivity index (χ2v) is 7.79. The summed E-state index contributed by atoms with van der Waals surface area (Å²) in [5.74, 6) is 1.82. The molecule has 2 N–H and O–H groups in total. The molecular formula is C22H24N8O. The molecule has 9 heteroatoms. The number of carbonyl (C=O) groups is 1. The number of nitrogens with one attached hydrogen (secondary N) is 2. The number of likely N-dealkylation sites (N-methyl/N-ethyl adjacent to an activating group) is 1. The zero-order valence-corrected chi connectivity index (χ0v) is 17.5. The Kier molecular flexibility index (Phi) is 4.87. The number of hydrogen-bond acceptors (Lipinski definition) is 6. The largest absolute Gasteiger partial charge is 0.354 e. The number of carbonyl (C=O) groups excluding carboxylic acids is 1. The van der Waals surface area contributed by atoms with Gasteiger partial charge in [0.25, 0.3) is 5.91 Å². The molecule has 31 heavy (non-hydrogen) atoms. The van der Waals surface area contributed by atoms with E-state index in [1.165, 1.54) is 0 Å². The molecule has 9 nitrogen and oxygen atoms in total. The molecule has 4 heterocycles. The lowest BCUT2D eigenvalue weighted by Crippen LogP contribution is -2.44. The first-order valence-electron chi connectivity index (χ1n) is 10.3. The molecule has 1 amide bonds. The highest BCUT2D eigenvalue weighted by molar-refractivity contribution is 6.03. The van der Waals surface area contributed by atoms with Crippen molar-refractivity contribution in [3.63, 3.8) is 0 Å². The van der Waals surface area contributed by atoms with E-state index in [1.54, 1.807) is 16.9 Å². The van der Waals surface area contributed by atoms with Crippen LogP contribution < -0.4 is 10.2 Å². The number of aromatic nitrogens is 5. The van der Waals surface area contributed by atoms with Crippen LogP contribution in [0.3, 0.4) is 0 Å². The van der Waals surface area contributed by atoms with Gasteiger partial charge in [-0.25, -0.2) is 9.97 Å². The molecule has 158 valence electrons. The van der Waals surface area contributed by atoms with Crippen molar-refractivity contribution in [3.05, 3.63) is 54.2 Å². The number of nitrogens with zero attached hydrogens (tertiary/aromatic N) is 6. The Labute approximate surface area is 179 Å². The van der Waals surface area contributed by atoms with Crippen molar-refractivity contribution in [2.24, 2.45) is 7.05 Å². The number of aromatic amines is 1. The normalized spacial score (nSPS) is 14.8. The van der Waals surface area contributed by atoms with Gasteiger partial charge in [0.2, 0.25) is 0 Å². The fourth-order valence-corrected chi connectivity index (χ4v) is 3.76. The van der Waals surface area contributed by atoms with Crippen molar-refractivity contribution >= 4 is 28.6 Å². The lowest BCUT2D eigenvalue weighted by molar-refractivity contribution is 0.102. The third-order valence-electron chi connectivity index (χ3n) is 5.59. The number of amides is 1. The fourth-order valence-electron chi connectivity index (χ4n) is 3.76. The smallest absolute Gasteiger partial charge is 0.258 e. The molecule has 1 fully saturated rings. The van der Waals surface area contributed by atoms with Gasteiger partial charge in [0.15, 0.2) is 11.6 Å². The standard InChI is InChI=1S/C22H24N8O/c1-28-9-11-30(12-10-28)20-8-7-15(14-23-20)22(31)26-19-13-18(29(2)27-19)21-24-16-5-3-4-6-17(16)25-21/h3-8,13-14H,9-12H2,1-2H3,(H,24,25)(H,26,27,31). The Morgan fingerprint density at radius 1 is 1.06 bits per heavy atom. The highest BCUT2D eigenvalue weighted by atomic mass is 16.1. The van der Waals surface area contributed by atoms with Crippen molar-refractivity contribution in [2.75, 3.05) is 43.4 Å². The minimum absolute atomic E-state index is 0.244. The predicted molar refractivity (Wildman–Crippen MR) is 120 cm³/mol. The number of aryl methyl sites for hydroxylation is 1. The molecule has 0 radical (unpaired) electrons. The van der Waals surface area contributed by atoms with Crippen LogP contribution in [0.1, 0.15) is 10.4 Å². The van der Waals surface area contributed by atoms with Crippen LogP contribution in [0.2, 0.25) is 0 Å². The van der Waals surface area contributed by atoms with Gasteiger partial charge in [0.05, 0.1) is 16.6 Å². The summed E-state index contributed by atoms with van der Waals surface area (Å²) in [5, 5.41) is 7.27. The van der Waals surface area contributed by atoms with Gasteiger partial charge >= 0.3 is 0 Å². The second kappa shape index (κ2) is 7.84. The summed E-state index contributed by atoms with van der Waals surface area (Å²) in [7, 11) is 3.94. The first kappa shape index (κ1) is 19.3. The summed E-state index contributed by atoms with van der Waals surface area (Å²) in [5.41, 5.74) is 3.12. The number of H-pyrrole nitrogens is 1. The number of pyridine rings is 1. The Morgan fingerprint density at radius 2 is 1.87 bits per heavy atom. The lowest BCUT2D eigenvalue weighted by Gasteiger charge is -2.33. The van der Waals surface area contributed by atoms with Crippen LogP contribution in [0.5, 0.6) is 0 Å². The first-order chi connectivity index (χ1) is 15.1. The van der Waals surface area contributed by atoms with Crippen LogP contribution in [0.15, 0.2) is 48.7 Å². The molecule has 0 saturated carbocycles. The number of imidazole rings is 1. The lowest BCUT2D eigenvalue weighted by atomic mass is 10.2. The molecule has 1 aliphatic heterocycles. The van der Waals surface area contributed by atoms with E-state index in [-0.39, 0.29) is 5.91 Å². The van der Waals surface area contributed by atoms with Gasteiger partial charge in [0.1, 0.15) is 11.5 Å². The Morgan fingerprint density at radius 3 is 2.61 bits per heavy atom. The fraction of sp³-hybridized carbons (Fsp3) is 0.273. The summed E-state index contributed by atoms with van der Waals surface area (Å²) in [6.07, 6.45) is 1.62. The van der Waals surface area contributed by atoms with Gasteiger partial charge in [0, 0.05) is 45.5 Å². The quantitative estimate of drug-likeness (QED) is 0.530. The van der Waals surface area contributed by atoms with Crippen molar-refractivity contribution in [2.45, 2.75) is 0 Å². The molecule has 0 bridgehead atoms. The number of para-hydroxylation sites is 2. The van der Waals surface area contributed by atoms with Crippen molar-refractivity contribution in [1.82, 2.24) is 29.6 Å². The van der Waals surface area contributed by atoms with Gasteiger partial charge < -0.3 is 20.1 Å². The summed E-state index contributed by atoms with van der Waals surface area (Å²) >= 11 is 0. The second-order valence-electron chi connectivity index (χ2n) is 7.79. The average molecular weight is 416 g/mol. The highest BCUT2D eigenvalue weighted by Gasteiger charge is 2.17. The molecule has 1 aliphatic rings. The molecule has 0 atom stereocenters. The molecule has 1 saturated heterocycles. The molecule has 0 aliphatic carbocycles. The summed E-state index contributed by atoms with van der Waals surface area (Å²) in [6, 6.07) is 13.4. The maximum atomic E-state index is 12.7. The molecule has 0 unspecified atom stereocenters. The van der Waals surface area contributed by atoms with E-state index in [4.69, 9.17) is 0 Å². The number of rotatable bonds is 4. The van der Waals surface area contributed by atoms with E-state index in [0.29, 0.717) is 17.2 Å². The summed E-state index contributed by atoms with van der Waals surface area (Å²) in [6.45, 7) is 3.90. The maximum Gasteiger partial charge on any atom is 0.258 e. The zero-order chi connectivity index (χ0) is 21.4. The third kappa shape index (κ3) is 3.87. The summed E-state index contributed by atoms with van der Waals surface area (Å²) in [4.78, 5) is 29.6. The predicted octanol–water partition coefficient (Wildman–Crippen LogP) is 2.36. The van der Waals surface area contributed by atoms with E-state index >= 15 is 0 Å². The van der Waals surface area contributed by atoms with Crippen LogP contribution in [0.25, 0.3) is 22.6 Å². The molecule has 4 aromatic rings. The molecule has 3 aromatic heterocycles. The Bertz CT molecular complexity index is 1190. The molecule has 0 spiro atoms. The molecule has 5 rings (SSSR count). The van der Waals surface area contributed by atoms with Crippen LogP contribution >= 0.6 is 0 Å². The van der Waals surface area contributed by atoms with Crippen LogP contribution in [0.4, 0.5) is 11.6 Å². The van der Waals surface area contributed by atoms with Gasteiger partial charge in [-0.3, -0.25) is 9.48 Å². The maximum absolute atomic E-state index is 12.7. The van der Waals surface area contributed by atoms with E-state index in [2.05, 4.69) is 42.2 Å². The van der Waals surface area contributed by atoms with Gasteiger partial charge in [-0.05, 0) is 31.3 Å². The first-order valence-corrected chi connectivity index (χ1v) is 10.3. The summed E-state index contributed by atoms with van der Waals surface area (Å²) < 4.78 is 1.70. The van der Waals surface area contributed by atoms with Gasteiger partial charge in [-0.1, -0.05) is 12.1 Å². The van der Waals surface area contributed by atoms with Crippen LogP contribution in [0, 0.1) is 0 Å². The van der Waals surface area contributed by atoms with Gasteiger partial charge in [-0.2, -0.15) is 5.10 Å². The number of anilines is 2. The van der Waals surface area contributed by atoms with Crippen molar-refractivity contribution < 1.29 is 4.79 Å². The Balaban J connectivity index is 1.30. The topological polar surface area (TPSA) is 95.0 Å². The van der Waals surface area contributed by atoms with E-state index in [0.717, 1.165) is 48.7 Å². The number of piperazine rings is 1. The monoisotopic (exact) mass is 416 g/mol. The number of benzene rings is 1. The van der Waals surface area contributed by atoms with Crippen molar-refractivity contribution in [3.8, 4) is 11.5 Å².